The van der Waals surface area contributed by atoms with Gasteiger partial charge in [-0.3, -0.25) is 4.79 Å². The van der Waals surface area contributed by atoms with Crippen LogP contribution in [0.1, 0.15) is 24.1 Å². The lowest BCUT2D eigenvalue weighted by Crippen LogP contribution is -2.28. The molecule has 2 aromatic rings. The van der Waals surface area contributed by atoms with Crippen molar-refractivity contribution in [3.8, 4) is 0 Å². The van der Waals surface area contributed by atoms with E-state index >= 15 is 0 Å². The van der Waals surface area contributed by atoms with E-state index in [1.165, 1.54) is 0 Å². The lowest BCUT2D eigenvalue weighted by Gasteiger charge is -2.14. The molecule has 1 atom stereocenters. The van der Waals surface area contributed by atoms with Crippen molar-refractivity contribution >= 4 is 23.2 Å². The molecule has 1 amide bonds. The van der Waals surface area contributed by atoms with Gasteiger partial charge in [-0.15, -0.1) is 0 Å². The molecule has 0 fully saturated rings. The van der Waals surface area contributed by atoms with Crippen molar-refractivity contribution in [1.82, 2.24) is 5.32 Å². The third-order valence-corrected chi connectivity index (χ3v) is 3.30. The van der Waals surface area contributed by atoms with E-state index in [-0.39, 0.29) is 11.9 Å². The number of nitrogens with two attached hydrogens (primary N) is 1. The number of amides is 1. The molecular weight excluding hydrogens is 272 g/mol. The van der Waals surface area contributed by atoms with Crippen LogP contribution in [0, 0.1) is 0 Å². The number of carbonyl (C=O) groups is 1. The standard InChI is InChI=1S/C16H17ClN2O/c1-11(13-5-7-15(18)8-6-13)19-16(20)10-12-3-2-4-14(17)9-12/h2-9,11H,10,18H2,1H3,(H,19,20). The largest absolute Gasteiger partial charge is 0.399 e. The second-order valence-corrected chi connectivity index (χ2v) is 5.20. The fourth-order valence-corrected chi connectivity index (χ4v) is 2.21. The van der Waals surface area contributed by atoms with Crippen molar-refractivity contribution in [1.29, 1.82) is 0 Å². The Morgan fingerprint density at radius 2 is 1.95 bits per heavy atom. The van der Waals surface area contributed by atoms with Gasteiger partial charge in [0.2, 0.25) is 5.91 Å². The van der Waals surface area contributed by atoms with Gasteiger partial charge in [-0.2, -0.15) is 0 Å². The van der Waals surface area contributed by atoms with E-state index in [9.17, 15) is 4.79 Å². The Labute approximate surface area is 123 Å². The highest BCUT2D eigenvalue weighted by Gasteiger charge is 2.10. The quantitative estimate of drug-likeness (QED) is 0.848. The van der Waals surface area contributed by atoms with Crippen LogP contribution in [-0.4, -0.2) is 5.91 Å². The van der Waals surface area contributed by atoms with Gasteiger partial charge in [-0.25, -0.2) is 0 Å². The molecule has 2 rings (SSSR count). The number of hydrogen-bond acceptors (Lipinski definition) is 2. The molecule has 2 aromatic carbocycles. The fraction of sp³-hybridized carbons (Fsp3) is 0.188. The van der Waals surface area contributed by atoms with Gasteiger partial charge in [0.15, 0.2) is 0 Å². The average Bonchev–Trinajstić information content (AvgIpc) is 2.39. The highest BCUT2D eigenvalue weighted by Crippen LogP contribution is 2.15. The van der Waals surface area contributed by atoms with Gasteiger partial charge < -0.3 is 11.1 Å². The summed E-state index contributed by atoms with van der Waals surface area (Å²) in [7, 11) is 0. The van der Waals surface area contributed by atoms with Crippen LogP contribution in [0.4, 0.5) is 5.69 Å². The molecule has 0 saturated carbocycles. The van der Waals surface area contributed by atoms with Crippen LogP contribution < -0.4 is 11.1 Å². The first-order valence-corrected chi connectivity index (χ1v) is 6.81. The van der Waals surface area contributed by atoms with E-state index in [2.05, 4.69) is 5.32 Å². The van der Waals surface area contributed by atoms with Crippen molar-refractivity contribution in [3.63, 3.8) is 0 Å². The molecule has 0 bridgehead atoms. The van der Waals surface area contributed by atoms with E-state index in [1.54, 1.807) is 12.1 Å². The van der Waals surface area contributed by atoms with Crippen LogP contribution in [-0.2, 0) is 11.2 Å². The summed E-state index contributed by atoms with van der Waals surface area (Å²) in [6.45, 7) is 1.95. The molecule has 4 heteroatoms. The Balaban J connectivity index is 1.95. The van der Waals surface area contributed by atoms with Crippen LogP contribution >= 0.6 is 11.6 Å². The smallest absolute Gasteiger partial charge is 0.224 e. The highest BCUT2D eigenvalue weighted by atomic mass is 35.5. The first kappa shape index (κ1) is 14.4. The SMILES string of the molecule is CC(NC(=O)Cc1cccc(Cl)c1)c1ccc(N)cc1. The van der Waals surface area contributed by atoms with E-state index in [4.69, 9.17) is 17.3 Å². The topological polar surface area (TPSA) is 55.1 Å². The lowest BCUT2D eigenvalue weighted by molar-refractivity contribution is -0.121. The van der Waals surface area contributed by atoms with E-state index < -0.39 is 0 Å². The second-order valence-electron chi connectivity index (χ2n) is 4.76. The number of rotatable bonds is 4. The predicted molar refractivity (Wildman–Crippen MR) is 82.6 cm³/mol. The minimum atomic E-state index is -0.0534. The summed E-state index contributed by atoms with van der Waals surface area (Å²) in [4.78, 5) is 12.0. The van der Waals surface area contributed by atoms with Crippen molar-refractivity contribution in [3.05, 3.63) is 64.7 Å². The zero-order valence-electron chi connectivity index (χ0n) is 11.3. The van der Waals surface area contributed by atoms with Crippen molar-refractivity contribution in [2.45, 2.75) is 19.4 Å². The summed E-state index contributed by atoms with van der Waals surface area (Å²) in [5.74, 6) is -0.0309. The van der Waals surface area contributed by atoms with Gasteiger partial charge in [0.25, 0.3) is 0 Å². The monoisotopic (exact) mass is 288 g/mol. The number of nitrogens with one attached hydrogen (secondary N) is 1. The summed E-state index contributed by atoms with van der Waals surface area (Å²) in [5.41, 5.74) is 8.29. The van der Waals surface area contributed by atoms with Crippen LogP contribution in [0.2, 0.25) is 5.02 Å². The summed E-state index contributed by atoms with van der Waals surface area (Å²) in [5, 5.41) is 3.60. The molecular formula is C16H17ClN2O. The number of nitrogen functional groups attached to an aromatic ring is 1. The van der Waals surface area contributed by atoms with Crippen molar-refractivity contribution in [2.75, 3.05) is 5.73 Å². The fourth-order valence-electron chi connectivity index (χ4n) is 1.99. The van der Waals surface area contributed by atoms with Crippen LogP contribution in [0.25, 0.3) is 0 Å². The zero-order valence-corrected chi connectivity index (χ0v) is 12.0. The zero-order chi connectivity index (χ0) is 14.5. The maximum Gasteiger partial charge on any atom is 0.224 e. The second kappa shape index (κ2) is 6.44. The van der Waals surface area contributed by atoms with E-state index in [0.717, 1.165) is 11.1 Å². The highest BCUT2D eigenvalue weighted by molar-refractivity contribution is 6.30. The minimum absolute atomic E-state index is 0.0309. The van der Waals surface area contributed by atoms with Gasteiger partial charge in [0.1, 0.15) is 0 Å². The summed E-state index contributed by atoms with van der Waals surface area (Å²) in [6, 6.07) is 14.8. The minimum Gasteiger partial charge on any atom is -0.399 e. The van der Waals surface area contributed by atoms with Crippen molar-refractivity contribution in [2.24, 2.45) is 0 Å². The molecule has 0 saturated heterocycles. The molecule has 0 aliphatic carbocycles. The van der Waals surface area contributed by atoms with Gasteiger partial charge in [-0.05, 0) is 42.3 Å². The van der Waals surface area contributed by atoms with Gasteiger partial charge >= 0.3 is 0 Å². The summed E-state index contributed by atoms with van der Waals surface area (Å²) in [6.07, 6.45) is 0.319. The van der Waals surface area contributed by atoms with Crippen LogP contribution in [0.5, 0.6) is 0 Å². The maximum absolute atomic E-state index is 12.0. The number of carbonyl (C=O) groups excluding carboxylic acids is 1. The molecule has 0 heterocycles. The third kappa shape index (κ3) is 4.00. The number of hydrogen-bond donors (Lipinski definition) is 2. The Hall–Kier alpha value is -2.00. The molecule has 1 unspecified atom stereocenters. The molecule has 0 spiro atoms. The molecule has 0 aromatic heterocycles. The lowest BCUT2D eigenvalue weighted by atomic mass is 10.1. The Kier molecular flexibility index (Phi) is 4.64. The van der Waals surface area contributed by atoms with Gasteiger partial charge in [0.05, 0.1) is 12.5 Å². The molecule has 0 radical (unpaired) electrons. The van der Waals surface area contributed by atoms with Gasteiger partial charge in [0, 0.05) is 10.7 Å². The third-order valence-electron chi connectivity index (χ3n) is 3.07. The first-order chi connectivity index (χ1) is 9.54. The van der Waals surface area contributed by atoms with Crippen LogP contribution in [0.3, 0.4) is 0 Å². The summed E-state index contributed by atoms with van der Waals surface area (Å²) >= 11 is 5.90. The number of halogens is 1. The molecule has 0 aliphatic rings. The molecule has 3 nitrogen and oxygen atoms in total. The normalized spacial score (nSPS) is 11.9. The van der Waals surface area contributed by atoms with E-state index in [0.29, 0.717) is 17.1 Å². The molecule has 3 N–H and O–H groups in total. The number of benzene rings is 2. The molecule has 0 aliphatic heterocycles. The van der Waals surface area contributed by atoms with Gasteiger partial charge in [-0.1, -0.05) is 35.9 Å². The Morgan fingerprint density at radius 1 is 1.25 bits per heavy atom. The Morgan fingerprint density at radius 3 is 2.60 bits per heavy atom. The Bertz CT molecular complexity index is 596. The van der Waals surface area contributed by atoms with Crippen molar-refractivity contribution < 1.29 is 4.79 Å². The van der Waals surface area contributed by atoms with E-state index in [1.807, 2.05) is 43.3 Å². The van der Waals surface area contributed by atoms with Crippen LogP contribution in [0.15, 0.2) is 48.5 Å². The maximum atomic E-state index is 12.0. The average molecular weight is 289 g/mol. The summed E-state index contributed by atoms with van der Waals surface area (Å²) < 4.78 is 0. The number of anilines is 1. The first-order valence-electron chi connectivity index (χ1n) is 6.44. The molecule has 20 heavy (non-hydrogen) atoms. The molecule has 104 valence electrons. The predicted octanol–water partition coefficient (Wildman–Crippen LogP) is 3.34.